The number of hydrogen-bond acceptors (Lipinski definition) is 3. The lowest BCUT2D eigenvalue weighted by Gasteiger charge is -2.16. The van der Waals surface area contributed by atoms with Crippen LogP contribution in [0, 0.1) is 13.8 Å². The standard InChI is InChI=1S/C21H23N3O3.H2/c1-12-7-19-22-10-16(21(27)24(19)11-12)20(26)23-17-9-18(25)15(8-13(17)2)14-5-3-4-6-14;/h7-11,14,22,25H,3-6H2,1-2H3,(H,23,26);1H. The highest BCUT2D eigenvalue weighted by Crippen LogP contribution is 2.40. The minimum absolute atomic E-state index is 0. The summed E-state index contributed by atoms with van der Waals surface area (Å²) in [5.74, 6) is 0.0875. The molecule has 2 aromatic heterocycles. The molecule has 2 heterocycles. The maximum Gasteiger partial charge on any atom is 0.270 e. The summed E-state index contributed by atoms with van der Waals surface area (Å²) < 4.78 is 1.43. The SMILES string of the molecule is Cc1cc2[nH]cc(C(=O)Nc3cc(O)c(C4CCCC4)cc3C)c(=O)n2c1.[HH]. The van der Waals surface area contributed by atoms with Gasteiger partial charge in [-0.25, -0.2) is 0 Å². The maximum atomic E-state index is 12.7. The maximum absolute atomic E-state index is 12.7. The first-order valence-corrected chi connectivity index (χ1v) is 9.29. The van der Waals surface area contributed by atoms with E-state index in [9.17, 15) is 14.7 Å². The van der Waals surface area contributed by atoms with Crippen molar-refractivity contribution < 1.29 is 11.3 Å². The van der Waals surface area contributed by atoms with Gasteiger partial charge in [-0.3, -0.25) is 14.0 Å². The van der Waals surface area contributed by atoms with Crippen molar-refractivity contribution in [1.82, 2.24) is 9.38 Å². The van der Waals surface area contributed by atoms with Gasteiger partial charge in [0.2, 0.25) is 0 Å². The molecule has 1 aromatic carbocycles. The van der Waals surface area contributed by atoms with E-state index in [0.717, 1.165) is 29.5 Å². The Morgan fingerprint density at radius 3 is 2.74 bits per heavy atom. The number of aromatic hydroxyl groups is 1. The molecule has 0 spiro atoms. The number of H-pyrrole nitrogens is 1. The van der Waals surface area contributed by atoms with Crippen LogP contribution in [0.1, 0.15) is 60.1 Å². The zero-order chi connectivity index (χ0) is 19.1. The number of nitrogens with one attached hydrogen (secondary N) is 2. The summed E-state index contributed by atoms with van der Waals surface area (Å²) in [6, 6.07) is 5.38. The molecule has 3 N–H and O–H groups in total. The van der Waals surface area contributed by atoms with Gasteiger partial charge in [-0.15, -0.1) is 0 Å². The number of anilines is 1. The Kier molecular flexibility index (Phi) is 4.26. The van der Waals surface area contributed by atoms with Gasteiger partial charge in [-0.2, -0.15) is 0 Å². The zero-order valence-corrected chi connectivity index (χ0v) is 15.5. The number of phenolic OH excluding ortho intramolecular Hbond substituents is 1. The number of amides is 1. The quantitative estimate of drug-likeness (QED) is 0.651. The molecule has 142 valence electrons. The number of fused-ring (bicyclic) bond motifs is 1. The average molecular weight is 367 g/mol. The molecule has 0 saturated heterocycles. The lowest BCUT2D eigenvalue weighted by Crippen LogP contribution is -2.26. The third kappa shape index (κ3) is 3.12. The van der Waals surface area contributed by atoms with Crippen LogP contribution in [0.15, 0.2) is 35.4 Å². The van der Waals surface area contributed by atoms with Crippen LogP contribution in [-0.4, -0.2) is 20.4 Å². The normalized spacial score (nSPS) is 14.7. The van der Waals surface area contributed by atoms with Crippen molar-refractivity contribution in [2.75, 3.05) is 5.32 Å². The highest BCUT2D eigenvalue weighted by atomic mass is 16.3. The first kappa shape index (κ1) is 17.4. The van der Waals surface area contributed by atoms with Crippen molar-refractivity contribution in [2.45, 2.75) is 45.4 Å². The fraction of sp³-hybridized carbons (Fsp3) is 0.333. The van der Waals surface area contributed by atoms with Gasteiger partial charge in [0.15, 0.2) is 0 Å². The van der Waals surface area contributed by atoms with Gasteiger partial charge in [0, 0.05) is 25.6 Å². The summed E-state index contributed by atoms with van der Waals surface area (Å²) in [6.07, 6.45) is 7.67. The predicted molar refractivity (Wildman–Crippen MR) is 107 cm³/mol. The molecule has 6 nitrogen and oxygen atoms in total. The second kappa shape index (κ2) is 6.61. The molecule has 1 aliphatic rings. The van der Waals surface area contributed by atoms with Gasteiger partial charge in [-0.05, 0) is 55.4 Å². The van der Waals surface area contributed by atoms with Crippen molar-refractivity contribution in [3.8, 4) is 5.75 Å². The van der Waals surface area contributed by atoms with E-state index in [4.69, 9.17) is 0 Å². The van der Waals surface area contributed by atoms with Crippen molar-refractivity contribution in [3.63, 3.8) is 0 Å². The fourth-order valence-corrected chi connectivity index (χ4v) is 3.98. The first-order chi connectivity index (χ1) is 12.9. The van der Waals surface area contributed by atoms with Crippen LogP contribution in [0.25, 0.3) is 5.65 Å². The number of aryl methyl sites for hydroxylation is 2. The lowest BCUT2D eigenvalue weighted by molar-refractivity contribution is 0.102. The molecule has 1 saturated carbocycles. The average Bonchev–Trinajstić information content (AvgIpc) is 3.27. The van der Waals surface area contributed by atoms with Gasteiger partial charge < -0.3 is 15.4 Å². The fourth-order valence-electron chi connectivity index (χ4n) is 3.98. The molecule has 0 bridgehead atoms. The Hall–Kier alpha value is -3.02. The smallest absolute Gasteiger partial charge is 0.270 e. The van der Waals surface area contributed by atoms with Crippen molar-refractivity contribution in [3.05, 3.63) is 63.2 Å². The number of carbonyl (C=O) groups excluding carboxylic acids is 1. The molecule has 0 atom stereocenters. The first-order valence-electron chi connectivity index (χ1n) is 9.29. The van der Waals surface area contributed by atoms with Gasteiger partial charge >= 0.3 is 0 Å². The molecule has 0 radical (unpaired) electrons. The Labute approximate surface area is 158 Å². The molecule has 1 aliphatic carbocycles. The number of nitrogens with zero attached hydrogens (tertiary/aromatic N) is 1. The number of aromatic amines is 1. The minimum atomic E-state index is -0.499. The Morgan fingerprint density at radius 1 is 1.26 bits per heavy atom. The van der Waals surface area contributed by atoms with Gasteiger partial charge in [0.1, 0.15) is 17.0 Å². The summed E-state index contributed by atoms with van der Waals surface area (Å²) in [5.41, 5.74) is 3.56. The van der Waals surface area contributed by atoms with E-state index in [-0.39, 0.29) is 18.3 Å². The summed E-state index contributed by atoms with van der Waals surface area (Å²) in [4.78, 5) is 28.2. The molecule has 0 aliphatic heterocycles. The molecule has 27 heavy (non-hydrogen) atoms. The number of phenols is 1. The van der Waals surface area contributed by atoms with Crippen LogP contribution in [0.3, 0.4) is 0 Å². The monoisotopic (exact) mass is 367 g/mol. The number of aromatic nitrogens is 2. The topological polar surface area (TPSA) is 86.6 Å². The van der Waals surface area contributed by atoms with E-state index in [0.29, 0.717) is 17.3 Å². The molecule has 1 amide bonds. The molecular weight excluding hydrogens is 342 g/mol. The number of rotatable bonds is 3. The van der Waals surface area contributed by atoms with E-state index >= 15 is 0 Å². The molecule has 1 fully saturated rings. The van der Waals surface area contributed by atoms with Gasteiger partial charge in [0.25, 0.3) is 11.5 Å². The molecule has 4 rings (SSSR count). The van der Waals surface area contributed by atoms with E-state index in [1.54, 1.807) is 12.3 Å². The van der Waals surface area contributed by atoms with Crippen LogP contribution in [-0.2, 0) is 0 Å². The van der Waals surface area contributed by atoms with Crippen LogP contribution < -0.4 is 10.9 Å². The van der Waals surface area contributed by atoms with E-state index in [1.165, 1.54) is 23.4 Å². The summed E-state index contributed by atoms with van der Waals surface area (Å²) in [6.45, 7) is 3.79. The van der Waals surface area contributed by atoms with E-state index in [1.807, 2.05) is 26.0 Å². The van der Waals surface area contributed by atoms with Gasteiger partial charge in [-0.1, -0.05) is 18.9 Å². The lowest BCUT2D eigenvalue weighted by atomic mass is 9.94. The molecule has 6 heteroatoms. The molecular formula is C21H25N3O3. The Bertz CT molecular complexity index is 1090. The number of carbonyl (C=O) groups is 1. The van der Waals surface area contributed by atoms with Crippen LogP contribution in [0.5, 0.6) is 5.75 Å². The van der Waals surface area contributed by atoms with Crippen molar-refractivity contribution >= 4 is 17.2 Å². The highest BCUT2D eigenvalue weighted by molar-refractivity contribution is 6.04. The van der Waals surface area contributed by atoms with Crippen LogP contribution in [0.4, 0.5) is 5.69 Å². The largest absolute Gasteiger partial charge is 0.508 e. The van der Waals surface area contributed by atoms with Gasteiger partial charge in [0.05, 0.1) is 0 Å². The van der Waals surface area contributed by atoms with E-state index in [2.05, 4.69) is 10.3 Å². The highest BCUT2D eigenvalue weighted by Gasteiger charge is 2.22. The number of hydrogen-bond donors (Lipinski definition) is 3. The van der Waals surface area contributed by atoms with E-state index < -0.39 is 5.91 Å². The van der Waals surface area contributed by atoms with Crippen molar-refractivity contribution in [2.24, 2.45) is 0 Å². The summed E-state index contributed by atoms with van der Waals surface area (Å²) in [5, 5.41) is 13.2. The summed E-state index contributed by atoms with van der Waals surface area (Å²) >= 11 is 0. The predicted octanol–water partition coefficient (Wildman–Crippen LogP) is 4.11. The third-order valence-electron chi connectivity index (χ3n) is 5.43. The Morgan fingerprint density at radius 2 is 2.00 bits per heavy atom. The number of benzene rings is 1. The Balaban J connectivity index is 0.00000225. The third-order valence-corrected chi connectivity index (χ3v) is 5.43. The zero-order valence-electron chi connectivity index (χ0n) is 15.5. The summed E-state index contributed by atoms with van der Waals surface area (Å²) in [7, 11) is 0. The van der Waals surface area contributed by atoms with Crippen molar-refractivity contribution in [1.29, 1.82) is 0 Å². The minimum Gasteiger partial charge on any atom is -0.508 e. The second-order valence-corrected chi connectivity index (χ2v) is 7.44. The second-order valence-electron chi connectivity index (χ2n) is 7.44. The van der Waals surface area contributed by atoms with Crippen LogP contribution in [0.2, 0.25) is 0 Å². The molecule has 0 unspecified atom stereocenters. The van der Waals surface area contributed by atoms with Crippen LogP contribution >= 0.6 is 0 Å². The molecule has 3 aromatic rings.